The molecule has 1 aliphatic rings. The van der Waals surface area contributed by atoms with Gasteiger partial charge in [0.2, 0.25) is 0 Å². The lowest BCUT2D eigenvalue weighted by atomic mass is 9.89. The first-order valence-electron chi connectivity index (χ1n) is 7.46. The van der Waals surface area contributed by atoms with E-state index in [2.05, 4.69) is 38.5 Å². The Balaban J connectivity index is 1.74. The monoisotopic (exact) mass is 369 g/mol. The van der Waals surface area contributed by atoms with Crippen molar-refractivity contribution < 1.29 is 9.47 Å². The summed E-state index contributed by atoms with van der Waals surface area (Å²) in [6, 6.07) is 7.85. The number of guanidine groups is 1. The van der Waals surface area contributed by atoms with Crippen LogP contribution < -0.4 is 15.4 Å². The van der Waals surface area contributed by atoms with E-state index in [4.69, 9.17) is 9.47 Å². The lowest BCUT2D eigenvalue weighted by Crippen LogP contribution is -2.51. The van der Waals surface area contributed by atoms with Gasteiger partial charge in [0, 0.05) is 19.0 Å². The highest BCUT2D eigenvalue weighted by molar-refractivity contribution is 9.10. The van der Waals surface area contributed by atoms with Crippen molar-refractivity contribution in [3.63, 3.8) is 0 Å². The maximum absolute atomic E-state index is 5.91. The van der Waals surface area contributed by atoms with Crippen LogP contribution in [-0.2, 0) is 4.74 Å². The Kier molecular flexibility index (Phi) is 6.08. The molecule has 1 fully saturated rings. The van der Waals surface area contributed by atoms with Crippen LogP contribution in [0.25, 0.3) is 0 Å². The quantitative estimate of drug-likeness (QED) is 0.597. The Morgan fingerprint density at radius 1 is 1.41 bits per heavy atom. The van der Waals surface area contributed by atoms with Gasteiger partial charge in [0.05, 0.1) is 24.2 Å². The van der Waals surface area contributed by atoms with Crippen LogP contribution in [-0.4, -0.2) is 45.4 Å². The minimum Gasteiger partial charge on any atom is -0.488 e. The molecule has 1 saturated heterocycles. The fourth-order valence-electron chi connectivity index (χ4n) is 2.11. The number of halogens is 1. The van der Waals surface area contributed by atoms with Crippen LogP contribution in [0.5, 0.6) is 5.75 Å². The second-order valence-electron chi connectivity index (χ2n) is 5.97. The lowest BCUT2D eigenvalue weighted by molar-refractivity contribution is -0.0971. The summed E-state index contributed by atoms with van der Waals surface area (Å²) in [7, 11) is 1.77. The minimum atomic E-state index is 0.0277. The largest absolute Gasteiger partial charge is 0.488 e. The first-order valence-corrected chi connectivity index (χ1v) is 8.25. The smallest absolute Gasteiger partial charge is 0.191 e. The first-order chi connectivity index (χ1) is 10.5. The van der Waals surface area contributed by atoms with Gasteiger partial charge >= 0.3 is 0 Å². The van der Waals surface area contributed by atoms with Crippen LogP contribution in [0.1, 0.15) is 13.8 Å². The van der Waals surface area contributed by atoms with Crippen LogP contribution in [0.15, 0.2) is 33.7 Å². The van der Waals surface area contributed by atoms with Crippen LogP contribution >= 0.6 is 15.9 Å². The number of nitrogens with one attached hydrogen (secondary N) is 2. The van der Waals surface area contributed by atoms with E-state index in [0.717, 1.165) is 35.9 Å². The Hall–Kier alpha value is -1.27. The highest BCUT2D eigenvalue weighted by Gasteiger charge is 2.33. The summed E-state index contributed by atoms with van der Waals surface area (Å²) in [6.07, 6.45) is 0.0277. The number of benzene rings is 1. The van der Waals surface area contributed by atoms with Crippen LogP contribution in [0.2, 0.25) is 0 Å². The van der Waals surface area contributed by atoms with Crippen LogP contribution in [0.4, 0.5) is 0 Å². The molecule has 0 amide bonds. The third-order valence-electron chi connectivity index (χ3n) is 3.53. The third kappa shape index (κ3) is 4.88. The van der Waals surface area contributed by atoms with Crippen molar-refractivity contribution >= 4 is 21.9 Å². The summed E-state index contributed by atoms with van der Waals surface area (Å²) in [6.45, 7) is 7.37. The molecule has 0 saturated carbocycles. The number of rotatable bonds is 6. The summed E-state index contributed by atoms with van der Waals surface area (Å²) in [5.41, 5.74) is 0.217. The van der Waals surface area contributed by atoms with Gasteiger partial charge in [0.25, 0.3) is 0 Å². The highest BCUT2D eigenvalue weighted by atomic mass is 79.9. The molecule has 0 aliphatic carbocycles. The van der Waals surface area contributed by atoms with E-state index in [1.807, 2.05) is 31.2 Å². The molecule has 2 rings (SSSR count). The average molecular weight is 370 g/mol. The Labute approximate surface area is 140 Å². The average Bonchev–Trinajstić information content (AvgIpc) is 2.48. The Morgan fingerprint density at radius 3 is 2.73 bits per heavy atom. The second-order valence-corrected chi connectivity index (χ2v) is 6.82. The van der Waals surface area contributed by atoms with E-state index in [0.29, 0.717) is 6.54 Å². The van der Waals surface area contributed by atoms with Gasteiger partial charge < -0.3 is 20.1 Å². The van der Waals surface area contributed by atoms with E-state index in [-0.39, 0.29) is 11.5 Å². The van der Waals surface area contributed by atoms with Crippen molar-refractivity contribution in [3.05, 3.63) is 28.7 Å². The molecule has 0 radical (unpaired) electrons. The summed E-state index contributed by atoms with van der Waals surface area (Å²) in [5.74, 6) is 1.63. The molecule has 122 valence electrons. The molecule has 1 aromatic carbocycles. The van der Waals surface area contributed by atoms with E-state index >= 15 is 0 Å². The maximum atomic E-state index is 5.91. The summed E-state index contributed by atoms with van der Waals surface area (Å²) >= 11 is 3.49. The van der Waals surface area contributed by atoms with Gasteiger partial charge in [-0.15, -0.1) is 0 Å². The van der Waals surface area contributed by atoms with Gasteiger partial charge in [0.15, 0.2) is 5.96 Å². The highest BCUT2D eigenvalue weighted by Crippen LogP contribution is 2.25. The van der Waals surface area contributed by atoms with Crippen molar-refractivity contribution in [1.82, 2.24) is 10.6 Å². The molecule has 1 atom stereocenters. The molecule has 1 aliphatic heterocycles. The number of aliphatic imine (C=N–C) groups is 1. The molecule has 0 bridgehead atoms. The van der Waals surface area contributed by atoms with Crippen molar-refractivity contribution in [1.29, 1.82) is 0 Å². The standard InChI is InChI=1S/C16H24BrN3O2/c1-12(22-14-7-5-4-6-13(14)17)8-19-15(18-3)20-9-16(2)10-21-11-16/h4-7,12H,8-11H2,1-3H3,(H2,18,19,20). The van der Waals surface area contributed by atoms with Gasteiger partial charge in [-0.05, 0) is 35.0 Å². The molecule has 5 nitrogen and oxygen atoms in total. The van der Waals surface area contributed by atoms with Crippen molar-refractivity contribution in [3.8, 4) is 5.75 Å². The molecule has 1 heterocycles. The minimum absolute atomic E-state index is 0.0277. The first kappa shape index (κ1) is 17.1. The molecule has 22 heavy (non-hydrogen) atoms. The Morgan fingerprint density at radius 2 is 2.14 bits per heavy atom. The van der Waals surface area contributed by atoms with Gasteiger partial charge in [-0.1, -0.05) is 19.1 Å². The normalized spacial score (nSPS) is 18.3. The van der Waals surface area contributed by atoms with E-state index in [9.17, 15) is 0 Å². The van der Waals surface area contributed by atoms with Crippen LogP contribution in [0.3, 0.4) is 0 Å². The zero-order valence-corrected chi connectivity index (χ0v) is 14.9. The number of nitrogens with zero attached hydrogens (tertiary/aromatic N) is 1. The van der Waals surface area contributed by atoms with Gasteiger partial charge in [0.1, 0.15) is 11.9 Å². The lowest BCUT2D eigenvalue weighted by Gasteiger charge is -2.38. The molecule has 0 spiro atoms. The molecule has 1 aromatic rings. The van der Waals surface area contributed by atoms with Crippen molar-refractivity contribution in [2.24, 2.45) is 10.4 Å². The molecule has 0 aromatic heterocycles. The molecular formula is C16H24BrN3O2. The molecule has 6 heteroatoms. The zero-order valence-electron chi connectivity index (χ0n) is 13.4. The third-order valence-corrected chi connectivity index (χ3v) is 4.18. The molecule has 1 unspecified atom stereocenters. The fraction of sp³-hybridized carbons (Fsp3) is 0.562. The van der Waals surface area contributed by atoms with Crippen molar-refractivity contribution in [2.75, 3.05) is 33.4 Å². The zero-order chi connectivity index (χ0) is 16.0. The number of ether oxygens (including phenoxy) is 2. The SMILES string of the molecule is CN=C(NCC(C)Oc1ccccc1Br)NCC1(C)COC1. The molecular weight excluding hydrogens is 346 g/mol. The predicted molar refractivity (Wildman–Crippen MR) is 92.5 cm³/mol. The van der Waals surface area contributed by atoms with E-state index in [1.54, 1.807) is 7.05 Å². The number of hydrogen-bond acceptors (Lipinski definition) is 3. The van der Waals surface area contributed by atoms with E-state index < -0.39 is 0 Å². The van der Waals surface area contributed by atoms with E-state index in [1.165, 1.54) is 0 Å². The van der Waals surface area contributed by atoms with Gasteiger partial charge in [-0.3, -0.25) is 4.99 Å². The van der Waals surface area contributed by atoms with Crippen molar-refractivity contribution in [2.45, 2.75) is 20.0 Å². The summed E-state index contributed by atoms with van der Waals surface area (Å²) in [5, 5.41) is 6.62. The molecule has 2 N–H and O–H groups in total. The van der Waals surface area contributed by atoms with Gasteiger partial charge in [-0.2, -0.15) is 0 Å². The maximum Gasteiger partial charge on any atom is 0.191 e. The second kappa shape index (κ2) is 7.83. The predicted octanol–water partition coefficient (Wildman–Crippen LogP) is 2.42. The fourth-order valence-corrected chi connectivity index (χ4v) is 2.49. The number of hydrogen-bond donors (Lipinski definition) is 2. The van der Waals surface area contributed by atoms with Gasteiger partial charge in [-0.25, -0.2) is 0 Å². The Bertz CT molecular complexity index is 518. The van der Waals surface area contributed by atoms with Crippen LogP contribution in [0, 0.1) is 5.41 Å². The topological polar surface area (TPSA) is 54.9 Å². The number of para-hydroxylation sites is 1. The summed E-state index contributed by atoms with van der Waals surface area (Å²) < 4.78 is 12.1. The summed E-state index contributed by atoms with van der Waals surface area (Å²) in [4.78, 5) is 4.23.